The molecule has 1 aromatic heterocycles. The number of carbonyl (C=O) groups is 2. The second-order valence-electron chi connectivity index (χ2n) is 6.59. The van der Waals surface area contributed by atoms with E-state index in [1.165, 1.54) is 36.4 Å². The first-order valence-electron chi connectivity index (χ1n) is 8.98. The zero-order valence-electron chi connectivity index (χ0n) is 16.0. The van der Waals surface area contributed by atoms with Gasteiger partial charge in [0.15, 0.2) is 11.0 Å². The van der Waals surface area contributed by atoms with Crippen molar-refractivity contribution in [2.45, 2.75) is 11.3 Å². The lowest BCUT2D eigenvalue weighted by molar-refractivity contribution is -0.128. The summed E-state index contributed by atoms with van der Waals surface area (Å²) in [6, 6.07) is 8.45. The zero-order valence-corrected chi connectivity index (χ0v) is 17.6. The van der Waals surface area contributed by atoms with Crippen molar-refractivity contribution < 1.29 is 22.7 Å². The Balaban J connectivity index is 1.61. The molecule has 1 atom stereocenters. The second kappa shape index (κ2) is 9.37. The van der Waals surface area contributed by atoms with E-state index in [2.05, 4.69) is 20.2 Å². The fourth-order valence-corrected chi connectivity index (χ4v) is 3.99. The number of ether oxygens (including phenoxy) is 1. The van der Waals surface area contributed by atoms with E-state index in [0.29, 0.717) is 25.4 Å². The highest BCUT2D eigenvalue weighted by Gasteiger charge is 2.34. The van der Waals surface area contributed by atoms with E-state index in [4.69, 9.17) is 16.3 Å². The van der Waals surface area contributed by atoms with Crippen molar-refractivity contribution in [2.24, 2.45) is 5.92 Å². The molecule has 12 heteroatoms. The molecule has 10 nitrogen and oxygen atoms in total. The normalized spacial score (nSPS) is 16.5. The maximum atomic E-state index is 12.5. The van der Waals surface area contributed by atoms with Crippen molar-refractivity contribution in [3.05, 3.63) is 41.6 Å². The zero-order chi connectivity index (χ0) is 21.7. The number of nitrogens with one attached hydrogen (secondary N) is 2. The Bertz CT molecular complexity index is 1010. The van der Waals surface area contributed by atoms with Crippen LogP contribution in [0.25, 0.3) is 0 Å². The highest BCUT2D eigenvalue weighted by Crippen LogP contribution is 2.21. The maximum absolute atomic E-state index is 12.5. The minimum Gasteiger partial charge on any atom is -0.383 e. The van der Waals surface area contributed by atoms with Crippen molar-refractivity contribution in [1.29, 1.82) is 0 Å². The van der Waals surface area contributed by atoms with Gasteiger partial charge in [0.05, 0.1) is 17.4 Å². The van der Waals surface area contributed by atoms with E-state index in [1.54, 1.807) is 12.0 Å². The van der Waals surface area contributed by atoms with Crippen LogP contribution in [0.1, 0.15) is 6.42 Å². The second-order valence-corrected chi connectivity index (χ2v) is 8.66. The molecule has 0 radical (unpaired) electrons. The van der Waals surface area contributed by atoms with Crippen molar-refractivity contribution >= 4 is 44.9 Å². The van der Waals surface area contributed by atoms with Crippen LogP contribution in [-0.4, -0.2) is 62.1 Å². The smallest absolute Gasteiger partial charge is 0.263 e. The van der Waals surface area contributed by atoms with Gasteiger partial charge in [-0.2, -0.15) is 0 Å². The van der Waals surface area contributed by atoms with Crippen LogP contribution < -0.4 is 10.0 Å². The first kappa shape index (κ1) is 21.9. The first-order chi connectivity index (χ1) is 14.3. The number of rotatable bonds is 8. The molecule has 3 rings (SSSR count). The topological polar surface area (TPSA) is 131 Å². The maximum Gasteiger partial charge on any atom is 0.263 e. The van der Waals surface area contributed by atoms with E-state index in [1.807, 2.05) is 0 Å². The molecule has 2 aromatic rings. The molecule has 1 aliphatic rings. The predicted molar refractivity (Wildman–Crippen MR) is 109 cm³/mol. The van der Waals surface area contributed by atoms with Crippen LogP contribution in [0.2, 0.25) is 5.15 Å². The number of nitrogens with zero attached hydrogens (tertiary/aromatic N) is 3. The molecule has 1 fully saturated rings. The molecule has 1 aromatic carbocycles. The molecule has 30 heavy (non-hydrogen) atoms. The number of benzene rings is 1. The van der Waals surface area contributed by atoms with Gasteiger partial charge in [-0.05, 0) is 36.4 Å². The van der Waals surface area contributed by atoms with Gasteiger partial charge in [-0.25, -0.2) is 8.42 Å². The lowest BCUT2D eigenvalue weighted by Gasteiger charge is -2.16. The van der Waals surface area contributed by atoms with Crippen LogP contribution in [0.15, 0.2) is 41.3 Å². The molecule has 2 amide bonds. The Morgan fingerprint density at radius 2 is 1.97 bits per heavy atom. The van der Waals surface area contributed by atoms with Gasteiger partial charge in [0.1, 0.15) is 0 Å². The van der Waals surface area contributed by atoms with Gasteiger partial charge in [0, 0.05) is 32.3 Å². The average Bonchev–Trinajstić information content (AvgIpc) is 3.09. The van der Waals surface area contributed by atoms with Crippen LogP contribution >= 0.6 is 11.6 Å². The van der Waals surface area contributed by atoms with Crippen LogP contribution in [-0.2, 0) is 24.3 Å². The largest absolute Gasteiger partial charge is 0.383 e. The van der Waals surface area contributed by atoms with Crippen LogP contribution in [0.4, 0.5) is 11.5 Å². The minimum absolute atomic E-state index is 0.0148. The molecule has 0 aliphatic carbocycles. The van der Waals surface area contributed by atoms with Crippen molar-refractivity contribution in [1.82, 2.24) is 15.1 Å². The molecule has 2 N–H and O–H groups in total. The third-order valence-corrected chi connectivity index (χ3v) is 6.03. The molecule has 0 spiro atoms. The number of hydrogen-bond donors (Lipinski definition) is 2. The third kappa shape index (κ3) is 5.43. The van der Waals surface area contributed by atoms with E-state index in [-0.39, 0.29) is 34.1 Å². The van der Waals surface area contributed by atoms with Gasteiger partial charge in [-0.1, -0.05) is 11.6 Å². The quantitative estimate of drug-likeness (QED) is 0.617. The number of methoxy groups -OCH3 is 1. The number of sulfonamides is 1. The van der Waals surface area contributed by atoms with Gasteiger partial charge >= 0.3 is 0 Å². The summed E-state index contributed by atoms with van der Waals surface area (Å²) in [6.45, 7) is 1.18. The molecule has 160 valence electrons. The Morgan fingerprint density at radius 3 is 2.60 bits per heavy atom. The summed E-state index contributed by atoms with van der Waals surface area (Å²) in [7, 11) is -2.33. The Labute approximate surface area is 178 Å². The van der Waals surface area contributed by atoms with Crippen molar-refractivity contribution in [2.75, 3.05) is 36.8 Å². The number of aromatic nitrogens is 2. The van der Waals surface area contributed by atoms with E-state index < -0.39 is 15.9 Å². The first-order valence-corrected chi connectivity index (χ1v) is 10.8. The highest BCUT2D eigenvalue weighted by molar-refractivity contribution is 7.92. The number of anilines is 2. The lowest BCUT2D eigenvalue weighted by Crippen LogP contribution is -2.30. The van der Waals surface area contributed by atoms with E-state index in [9.17, 15) is 18.0 Å². The summed E-state index contributed by atoms with van der Waals surface area (Å²) < 4.78 is 32.1. The lowest BCUT2D eigenvalue weighted by atomic mass is 10.1. The molecular formula is C18H20ClN5O5S. The van der Waals surface area contributed by atoms with Crippen LogP contribution in [0.3, 0.4) is 0 Å². The number of hydrogen-bond acceptors (Lipinski definition) is 7. The molecule has 1 saturated heterocycles. The number of likely N-dealkylation sites (tertiary alicyclic amines) is 1. The fraction of sp³-hybridized carbons (Fsp3) is 0.333. The Kier molecular flexibility index (Phi) is 6.85. The average molecular weight is 454 g/mol. The third-order valence-electron chi connectivity index (χ3n) is 4.45. The Hall–Kier alpha value is -2.76. The van der Waals surface area contributed by atoms with Gasteiger partial charge in [-0.15, -0.1) is 10.2 Å². The van der Waals surface area contributed by atoms with Crippen LogP contribution in [0.5, 0.6) is 0 Å². The minimum atomic E-state index is -3.88. The van der Waals surface area contributed by atoms with Gasteiger partial charge < -0.3 is 15.0 Å². The van der Waals surface area contributed by atoms with E-state index >= 15 is 0 Å². The summed E-state index contributed by atoms with van der Waals surface area (Å²) in [5, 5.41) is 10.1. The van der Waals surface area contributed by atoms with Crippen molar-refractivity contribution in [3.8, 4) is 0 Å². The summed E-state index contributed by atoms with van der Waals surface area (Å²) in [5.74, 6) is -0.831. The van der Waals surface area contributed by atoms with Crippen molar-refractivity contribution in [3.63, 3.8) is 0 Å². The predicted octanol–water partition coefficient (Wildman–Crippen LogP) is 1.36. The van der Waals surface area contributed by atoms with Crippen LogP contribution in [0, 0.1) is 5.92 Å². The fourth-order valence-electron chi connectivity index (χ4n) is 2.89. The standard InChI is InChI=1S/C18H20ClN5O5S/c1-29-9-8-24-11-12(10-17(24)25)18(26)20-13-2-4-14(5-3-13)30(27,28)23-16-7-6-15(19)21-22-16/h2-7,12H,8-11H2,1H3,(H,20,26)(H,22,23). The summed E-state index contributed by atoms with van der Waals surface area (Å²) >= 11 is 5.63. The Morgan fingerprint density at radius 1 is 1.23 bits per heavy atom. The molecule has 1 aliphatic heterocycles. The van der Waals surface area contributed by atoms with E-state index in [0.717, 1.165) is 0 Å². The summed E-state index contributed by atoms with van der Waals surface area (Å²) in [5.41, 5.74) is 0.424. The number of carbonyl (C=O) groups excluding carboxylic acids is 2. The van der Waals surface area contributed by atoms with Gasteiger partial charge in [-0.3, -0.25) is 14.3 Å². The molecule has 2 heterocycles. The number of amides is 2. The summed E-state index contributed by atoms with van der Waals surface area (Å²) in [4.78, 5) is 26.0. The monoisotopic (exact) mass is 453 g/mol. The number of halogens is 1. The molecule has 1 unspecified atom stereocenters. The van der Waals surface area contributed by atoms with Gasteiger partial charge in [0.2, 0.25) is 11.8 Å². The highest BCUT2D eigenvalue weighted by atomic mass is 35.5. The molecular weight excluding hydrogens is 434 g/mol. The molecule has 0 bridgehead atoms. The SMILES string of the molecule is COCCN1CC(C(=O)Nc2ccc(S(=O)(=O)Nc3ccc(Cl)nn3)cc2)CC1=O. The summed E-state index contributed by atoms with van der Waals surface area (Å²) in [6.07, 6.45) is 0.133. The van der Waals surface area contributed by atoms with Gasteiger partial charge in [0.25, 0.3) is 10.0 Å². The molecule has 0 saturated carbocycles.